The van der Waals surface area contributed by atoms with Gasteiger partial charge in [-0.05, 0) is 54.8 Å². The van der Waals surface area contributed by atoms with E-state index in [0.717, 1.165) is 16.5 Å². The molecule has 21 heavy (non-hydrogen) atoms. The lowest BCUT2D eigenvalue weighted by molar-refractivity contribution is 0.680. The summed E-state index contributed by atoms with van der Waals surface area (Å²) < 4.78 is 0. The van der Waals surface area contributed by atoms with Crippen LogP contribution in [0, 0.1) is 0 Å². The third-order valence-corrected chi connectivity index (χ3v) is 5.38. The summed E-state index contributed by atoms with van der Waals surface area (Å²) in [5.41, 5.74) is 1.21. The first-order valence-electron chi connectivity index (χ1n) is 6.76. The minimum Gasteiger partial charge on any atom is -0.310 e. The van der Waals surface area contributed by atoms with Gasteiger partial charge in [0.05, 0.1) is 10.0 Å². The van der Waals surface area contributed by atoms with Crippen molar-refractivity contribution in [3.05, 3.63) is 57.0 Å². The zero-order valence-electron chi connectivity index (χ0n) is 11.2. The maximum Gasteiger partial charge on any atom is 0.0603 e. The highest BCUT2D eigenvalue weighted by atomic mass is 35.5. The van der Waals surface area contributed by atoms with Gasteiger partial charge in [-0.2, -0.15) is 0 Å². The van der Waals surface area contributed by atoms with Crippen LogP contribution >= 0.6 is 46.6 Å². The van der Waals surface area contributed by atoms with Crippen molar-refractivity contribution in [1.29, 1.82) is 0 Å². The minimum atomic E-state index is 0.577. The molecule has 0 bridgehead atoms. The van der Waals surface area contributed by atoms with Crippen molar-refractivity contribution in [3.63, 3.8) is 0 Å². The summed E-state index contributed by atoms with van der Waals surface area (Å²) in [5, 5.41) is 5.45. The molecule has 0 amide bonds. The summed E-state index contributed by atoms with van der Waals surface area (Å²) in [6, 6.07) is 12.4. The van der Waals surface area contributed by atoms with Gasteiger partial charge in [0.2, 0.25) is 0 Å². The number of hydrogen-bond donors (Lipinski definition) is 1. The Labute approximate surface area is 144 Å². The molecule has 1 N–H and O–H groups in total. The van der Waals surface area contributed by atoms with Gasteiger partial charge < -0.3 is 5.32 Å². The Morgan fingerprint density at radius 2 is 1.81 bits per heavy atom. The average molecular weight is 359 g/mol. The topological polar surface area (TPSA) is 12.0 Å². The van der Waals surface area contributed by atoms with Crippen LogP contribution in [0.1, 0.15) is 18.4 Å². The molecule has 1 aliphatic carbocycles. The molecule has 0 atom stereocenters. The molecule has 0 unspecified atom stereocenters. The van der Waals surface area contributed by atoms with Crippen LogP contribution in [-0.2, 0) is 6.54 Å². The molecule has 0 aromatic heterocycles. The van der Waals surface area contributed by atoms with Crippen LogP contribution in [0.15, 0.2) is 46.2 Å². The van der Waals surface area contributed by atoms with E-state index in [0.29, 0.717) is 16.1 Å². The SMILES string of the molecule is Clc1ccc(Sc2ccc(Cl)c(Cl)c2)c(CNC2CC2)c1. The maximum atomic E-state index is 6.12. The van der Waals surface area contributed by atoms with E-state index in [2.05, 4.69) is 11.4 Å². The Morgan fingerprint density at radius 3 is 2.52 bits per heavy atom. The van der Waals surface area contributed by atoms with Crippen molar-refractivity contribution in [2.75, 3.05) is 0 Å². The monoisotopic (exact) mass is 357 g/mol. The third-order valence-electron chi connectivity index (χ3n) is 3.30. The second-order valence-electron chi connectivity index (χ2n) is 5.09. The summed E-state index contributed by atoms with van der Waals surface area (Å²) in [5.74, 6) is 0. The second kappa shape index (κ2) is 6.80. The Balaban J connectivity index is 1.80. The van der Waals surface area contributed by atoms with E-state index >= 15 is 0 Å². The van der Waals surface area contributed by atoms with Crippen molar-refractivity contribution in [1.82, 2.24) is 5.32 Å². The van der Waals surface area contributed by atoms with E-state index in [1.165, 1.54) is 23.3 Å². The van der Waals surface area contributed by atoms with Crippen LogP contribution in [0.2, 0.25) is 15.1 Å². The van der Waals surface area contributed by atoms with Gasteiger partial charge in [0.15, 0.2) is 0 Å². The molecule has 0 radical (unpaired) electrons. The Morgan fingerprint density at radius 1 is 1.00 bits per heavy atom. The predicted octanol–water partition coefficient (Wildman–Crippen LogP) is 6.05. The van der Waals surface area contributed by atoms with Gasteiger partial charge in [-0.15, -0.1) is 0 Å². The molecular weight excluding hydrogens is 345 g/mol. The highest BCUT2D eigenvalue weighted by Crippen LogP contribution is 2.35. The number of halogens is 3. The Bertz CT molecular complexity index is 656. The summed E-state index contributed by atoms with van der Waals surface area (Å²) in [7, 11) is 0. The molecule has 0 spiro atoms. The van der Waals surface area contributed by atoms with Crippen LogP contribution in [0.25, 0.3) is 0 Å². The lowest BCUT2D eigenvalue weighted by atomic mass is 10.2. The van der Waals surface area contributed by atoms with Crippen LogP contribution in [0.3, 0.4) is 0 Å². The van der Waals surface area contributed by atoms with Gasteiger partial charge in [0, 0.05) is 27.4 Å². The lowest BCUT2D eigenvalue weighted by Crippen LogP contribution is -2.15. The van der Waals surface area contributed by atoms with Gasteiger partial charge >= 0.3 is 0 Å². The zero-order valence-corrected chi connectivity index (χ0v) is 14.3. The first-order valence-corrected chi connectivity index (χ1v) is 8.71. The van der Waals surface area contributed by atoms with Crippen LogP contribution in [0.5, 0.6) is 0 Å². The van der Waals surface area contributed by atoms with Gasteiger partial charge in [0.1, 0.15) is 0 Å². The maximum absolute atomic E-state index is 6.12. The van der Waals surface area contributed by atoms with E-state index < -0.39 is 0 Å². The molecule has 1 nitrogen and oxygen atoms in total. The molecule has 2 aromatic rings. The lowest BCUT2D eigenvalue weighted by Gasteiger charge is -2.11. The third kappa shape index (κ3) is 4.30. The van der Waals surface area contributed by atoms with Gasteiger partial charge in [0.25, 0.3) is 0 Å². The second-order valence-corrected chi connectivity index (χ2v) is 7.45. The van der Waals surface area contributed by atoms with Crippen molar-refractivity contribution >= 4 is 46.6 Å². The molecule has 1 aliphatic rings. The molecule has 2 aromatic carbocycles. The standard InChI is InChI=1S/C16H14Cl3NS/c17-11-1-6-16(10(7-11)9-20-12-2-3-12)21-13-4-5-14(18)15(19)8-13/h1,4-8,12,20H,2-3,9H2. The summed E-state index contributed by atoms with van der Waals surface area (Å²) in [4.78, 5) is 2.25. The quantitative estimate of drug-likeness (QED) is 0.698. The van der Waals surface area contributed by atoms with Crippen LogP contribution in [-0.4, -0.2) is 6.04 Å². The zero-order chi connectivity index (χ0) is 14.8. The molecule has 0 aliphatic heterocycles. The van der Waals surface area contributed by atoms with Crippen molar-refractivity contribution in [2.24, 2.45) is 0 Å². The van der Waals surface area contributed by atoms with Gasteiger partial charge in [-0.1, -0.05) is 46.6 Å². The summed E-state index contributed by atoms with van der Waals surface area (Å²) in [6.45, 7) is 0.842. The van der Waals surface area contributed by atoms with E-state index in [4.69, 9.17) is 34.8 Å². The fourth-order valence-corrected chi connectivity index (χ4v) is 3.52. The van der Waals surface area contributed by atoms with Gasteiger partial charge in [-0.3, -0.25) is 0 Å². The number of hydrogen-bond acceptors (Lipinski definition) is 2. The minimum absolute atomic E-state index is 0.577. The largest absolute Gasteiger partial charge is 0.310 e. The van der Waals surface area contributed by atoms with Gasteiger partial charge in [-0.25, -0.2) is 0 Å². The van der Waals surface area contributed by atoms with Crippen LogP contribution in [0.4, 0.5) is 0 Å². The van der Waals surface area contributed by atoms with Crippen molar-refractivity contribution in [3.8, 4) is 0 Å². The smallest absolute Gasteiger partial charge is 0.0603 e. The van der Waals surface area contributed by atoms with E-state index in [-0.39, 0.29) is 0 Å². The fourth-order valence-electron chi connectivity index (χ4n) is 1.99. The molecule has 0 saturated heterocycles. The van der Waals surface area contributed by atoms with Crippen molar-refractivity contribution < 1.29 is 0 Å². The Hall–Kier alpha value is -0.380. The molecule has 5 heteroatoms. The first kappa shape index (κ1) is 15.5. The summed E-state index contributed by atoms with van der Waals surface area (Å²) in [6.07, 6.45) is 2.55. The van der Waals surface area contributed by atoms with E-state index in [9.17, 15) is 0 Å². The fraction of sp³-hybridized carbons (Fsp3) is 0.250. The first-order chi connectivity index (χ1) is 10.1. The normalized spacial score (nSPS) is 14.4. The van der Waals surface area contributed by atoms with Crippen molar-refractivity contribution in [2.45, 2.75) is 35.2 Å². The molecule has 3 rings (SSSR count). The molecule has 1 fully saturated rings. The highest BCUT2D eigenvalue weighted by Gasteiger charge is 2.20. The van der Waals surface area contributed by atoms with E-state index in [1.807, 2.05) is 30.3 Å². The number of nitrogens with one attached hydrogen (secondary N) is 1. The summed E-state index contributed by atoms with van der Waals surface area (Å²) >= 11 is 19.8. The number of rotatable bonds is 5. The van der Waals surface area contributed by atoms with Crippen LogP contribution < -0.4 is 5.32 Å². The highest BCUT2D eigenvalue weighted by molar-refractivity contribution is 7.99. The van der Waals surface area contributed by atoms with E-state index in [1.54, 1.807) is 11.8 Å². The average Bonchev–Trinajstić information content (AvgIpc) is 3.27. The molecule has 1 saturated carbocycles. The predicted molar refractivity (Wildman–Crippen MR) is 91.9 cm³/mol. The molecular formula is C16H14Cl3NS. The Kier molecular flexibility index (Phi) is 5.03. The molecule has 110 valence electrons. The number of benzene rings is 2. The molecule has 0 heterocycles.